The first kappa shape index (κ1) is 16.6. The van der Waals surface area contributed by atoms with Crippen LogP contribution in [0.3, 0.4) is 0 Å². The molecule has 3 saturated heterocycles. The highest BCUT2D eigenvalue weighted by Gasteiger charge is 2.49. The van der Waals surface area contributed by atoms with Gasteiger partial charge in [-0.25, -0.2) is 10.4 Å². The molecule has 6 heteroatoms. The number of thioether (sulfide) groups is 1. The Kier molecular flexibility index (Phi) is 4.67. The molecule has 1 aliphatic carbocycles. The molecule has 23 heavy (non-hydrogen) atoms. The molecular formula is C17H33N5S. The van der Waals surface area contributed by atoms with Crippen LogP contribution in [0.2, 0.25) is 0 Å². The SMILES string of the molecule is CC1C(C2CCCCC2)NC2SC(N3CCC(C)(CN)C3)NN21. The number of fused-ring (bicyclic) bond motifs is 1. The summed E-state index contributed by atoms with van der Waals surface area (Å²) in [7, 11) is 0. The fraction of sp³-hybridized carbons (Fsp3) is 1.00. The van der Waals surface area contributed by atoms with Gasteiger partial charge in [0.1, 0.15) is 11.0 Å². The largest absolute Gasteiger partial charge is 0.330 e. The van der Waals surface area contributed by atoms with E-state index in [4.69, 9.17) is 5.73 Å². The Morgan fingerprint density at radius 3 is 2.65 bits per heavy atom. The number of nitrogens with zero attached hydrogens (tertiary/aromatic N) is 2. The minimum absolute atomic E-state index is 0.305. The van der Waals surface area contributed by atoms with Crippen LogP contribution >= 0.6 is 11.8 Å². The topological polar surface area (TPSA) is 56.6 Å². The molecule has 5 atom stereocenters. The first-order valence-electron chi connectivity index (χ1n) is 9.50. The molecule has 3 aliphatic heterocycles. The highest BCUT2D eigenvalue weighted by atomic mass is 32.2. The molecule has 0 amide bonds. The van der Waals surface area contributed by atoms with E-state index in [0.717, 1.165) is 19.0 Å². The maximum absolute atomic E-state index is 5.97. The van der Waals surface area contributed by atoms with E-state index in [1.807, 2.05) is 0 Å². The van der Waals surface area contributed by atoms with Crippen molar-refractivity contribution in [2.75, 3.05) is 19.6 Å². The monoisotopic (exact) mass is 339 g/mol. The van der Waals surface area contributed by atoms with Crippen molar-refractivity contribution < 1.29 is 0 Å². The molecular weight excluding hydrogens is 306 g/mol. The second-order valence-corrected chi connectivity index (χ2v) is 9.61. The Morgan fingerprint density at radius 1 is 1.22 bits per heavy atom. The summed E-state index contributed by atoms with van der Waals surface area (Å²) in [5.41, 5.74) is 10.9. The maximum Gasteiger partial charge on any atom is 0.124 e. The van der Waals surface area contributed by atoms with Crippen LogP contribution in [0.15, 0.2) is 0 Å². The summed E-state index contributed by atoms with van der Waals surface area (Å²) in [6.45, 7) is 7.81. The first-order chi connectivity index (χ1) is 11.1. The van der Waals surface area contributed by atoms with Gasteiger partial charge in [0.05, 0.1) is 0 Å². The van der Waals surface area contributed by atoms with Gasteiger partial charge in [0.15, 0.2) is 0 Å². The van der Waals surface area contributed by atoms with Gasteiger partial charge in [0, 0.05) is 25.2 Å². The molecule has 5 unspecified atom stereocenters. The van der Waals surface area contributed by atoms with Crippen molar-refractivity contribution in [1.82, 2.24) is 20.7 Å². The molecule has 0 radical (unpaired) electrons. The third kappa shape index (κ3) is 3.07. The maximum atomic E-state index is 5.97. The molecule has 5 nitrogen and oxygen atoms in total. The fourth-order valence-corrected chi connectivity index (χ4v) is 6.36. The zero-order chi connectivity index (χ0) is 16.0. The van der Waals surface area contributed by atoms with Crippen LogP contribution in [0.5, 0.6) is 0 Å². The normalized spacial score (nSPS) is 46.6. The van der Waals surface area contributed by atoms with E-state index < -0.39 is 0 Å². The minimum atomic E-state index is 0.305. The average molecular weight is 340 g/mol. The smallest absolute Gasteiger partial charge is 0.124 e. The molecule has 0 aromatic carbocycles. The molecule has 1 saturated carbocycles. The number of hydrogen-bond donors (Lipinski definition) is 3. The summed E-state index contributed by atoms with van der Waals surface area (Å²) in [4.78, 5) is 2.58. The second kappa shape index (κ2) is 6.46. The van der Waals surface area contributed by atoms with Gasteiger partial charge in [-0.3, -0.25) is 10.2 Å². The highest BCUT2D eigenvalue weighted by molar-refractivity contribution is 8.00. The van der Waals surface area contributed by atoms with E-state index in [1.54, 1.807) is 0 Å². The van der Waals surface area contributed by atoms with Gasteiger partial charge in [-0.15, -0.1) is 0 Å². The third-order valence-electron chi connectivity index (χ3n) is 6.63. The zero-order valence-electron chi connectivity index (χ0n) is 14.6. The minimum Gasteiger partial charge on any atom is -0.330 e. The Hall–Kier alpha value is 0.150. The number of nitrogens with two attached hydrogens (primary N) is 1. The quantitative estimate of drug-likeness (QED) is 0.728. The molecule has 3 heterocycles. The van der Waals surface area contributed by atoms with Crippen LogP contribution in [0.4, 0.5) is 0 Å². The summed E-state index contributed by atoms with van der Waals surface area (Å²) < 4.78 is 0. The van der Waals surface area contributed by atoms with E-state index >= 15 is 0 Å². The van der Waals surface area contributed by atoms with E-state index in [2.05, 4.69) is 46.3 Å². The van der Waals surface area contributed by atoms with Crippen molar-refractivity contribution in [3.05, 3.63) is 0 Å². The number of nitrogens with one attached hydrogen (secondary N) is 2. The molecule has 0 spiro atoms. The van der Waals surface area contributed by atoms with Gasteiger partial charge >= 0.3 is 0 Å². The lowest BCUT2D eigenvalue weighted by Gasteiger charge is -2.33. The van der Waals surface area contributed by atoms with Crippen molar-refractivity contribution in [2.24, 2.45) is 17.1 Å². The van der Waals surface area contributed by atoms with Crippen LogP contribution in [0, 0.1) is 11.3 Å². The predicted octanol–water partition coefficient (Wildman–Crippen LogP) is 1.72. The first-order valence-corrected chi connectivity index (χ1v) is 10.4. The van der Waals surface area contributed by atoms with Gasteiger partial charge in [-0.2, -0.15) is 0 Å². The molecule has 4 rings (SSSR count). The molecule has 4 fully saturated rings. The standard InChI is InChI=1S/C17H33N5S/c1-12-14(13-6-4-3-5-7-13)19-15-22(12)20-16(23-15)21-9-8-17(2,10-18)11-21/h12-16,19-20H,3-11,18H2,1-2H3. The Labute approximate surface area is 145 Å². The van der Waals surface area contributed by atoms with Gasteiger partial charge in [0.2, 0.25) is 0 Å². The van der Waals surface area contributed by atoms with Crippen molar-refractivity contribution in [3.63, 3.8) is 0 Å². The van der Waals surface area contributed by atoms with Gasteiger partial charge in [-0.05, 0) is 44.1 Å². The van der Waals surface area contributed by atoms with Crippen molar-refractivity contribution >= 4 is 11.8 Å². The number of likely N-dealkylation sites (tertiary alicyclic amines) is 1. The third-order valence-corrected chi connectivity index (χ3v) is 7.92. The zero-order valence-corrected chi connectivity index (χ0v) is 15.4. The Balaban J connectivity index is 1.35. The summed E-state index contributed by atoms with van der Waals surface area (Å²) in [5.74, 6) is 0.873. The Morgan fingerprint density at radius 2 is 2.00 bits per heavy atom. The van der Waals surface area contributed by atoms with Gasteiger partial charge in [-0.1, -0.05) is 37.9 Å². The molecule has 132 valence electrons. The lowest BCUT2D eigenvalue weighted by atomic mass is 9.82. The predicted molar refractivity (Wildman–Crippen MR) is 96.5 cm³/mol. The number of rotatable bonds is 3. The molecule has 0 aromatic heterocycles. The van der Waals surface area contributed by atoms with E-state index in [-0.39, 0.29) is 0 Å². The molecule has 0 bridgehead atoms. The van der Waals surface area contributed by atoms with E-state index in [9.17, 15) is 0 Å². The van der Waals surface area contributed by atoms with Gasteiger partial charge < -0.3 is 5.73 Å². The van der Waals surface area contributed by atoms with E-state index in [1.165, 1.54) is 45.1 Å². The van der Waals surface area contributed by atoms with Crippen LogP contribution < -0.4 is 16.5 Å². The van der Waals surface area contributed by atoms with Crippen LogP contribution in [-0.2, 0) is 0 Å². The summed E-state index contributed by atoms with van der Waals surface area (Å²) in [6, 6.07) is 1.25. The molecule has 4 N–H and O–H groups in total. The lowest BCUT2D eigenvalue weighted by Crippen LogP contribution is -2.50. The summed E-state index contributed by atoms with van der Waals surface area (Å²) in [5, 5.41) is 6.43. The second-order valence-electron chi connectivity index (χ2n) is 8.44. The number of hydrogen-bond acceptors (Lipinski definition) is 6. The Bertz CT molecular complexity index is 429. The van der Waals surface area contributed by atoms with Crippen molar-refractivity contribution in [2.45, 2.75) is 75.5 Å². The van der Waals surface area contributed by atoms with Crippen molar-refractivity contribution in [1.29, 1.82) is 0 Å². The van der Waals surface area contributed by atoms with Gasteiger partial charge in [0.25, 0.3) is 0 Å². The summed E-state index contributed by atoms with van der Waals surface area (Å²) >= 11 is 2.05. The average Bonchev–Trinajstić information content (AvgIpc) is 3.24. The van der Waals surface area contributed by atoms with Crippen molar-refractivity contribution in [3.8, 4) is 0 Å². The highest BCUT2D eigenvalue weighted by Crippen LogP contribution is 2.41. The van der Waals surface area contributed by atoms with E-state index in [0.29, 0.717) is 28.5 Å². The number of hydrazine groups is 1. The van der Waals surface area contributed by atoms with Crippen LogP contribution in [-0.4, -0.2) is 52.6 Å². The fourth-order valence-electron chi connectivity index (χ4n) is 4.96. The lowest BCUT2D eigenvalue weighted by molar-refractivity contribution is 0.111. The van der Waals surface area contributed by atoms with Crippen LogP contribution in [0.25, 0.3) is 0 Å². The summed E-state index contributed by atoms with van der Waals surface area (Å²) in [6.07, 6.45) is 8.34. The molecule has 0 aromatic rings. The molecule has 4 aliphatic rings. The van der Waals surface area contributed by atoms with Crippen LogP contribution in [0.1, 0.15) is 52.4 Å².